The van der Waals surface area contributed by atoms with Crippen molar-refractivity contribution in [3.8, 4) is 23.1 Å². The number of amides is 2. The lowest BCUT2D eigenvalue weighted by Gasteiger charge is -2.12. The van der Waals surface area contributed by atoms with E-state index in [0.29, 0.717) is 5.69 Å². The molecule has 8 heteroatoms. The van der Waals surface area contributed by atoms with Crippen molar-refractivity contribution < 1.29 is 13.6 Å². The summed E-state index contributed by atoms with van der Waals surface area (Å²) in [6.07, 6.45) is 7.00. The molecule has 4 rings (SSSR count). The number of rotatable bonds is 4. The number of alkyl halides is 2. The number of urea groups is 1. The molecule has 0 spiro atoms. The Morgan fingerprint density at radius 2 is 1.94 bits per heavy atom. The van der Waals surface area contributed by atoms with Gasteiger partial charge in [-0.1, -0.05) is 24.0 Å². The second-order valence-corrected chi connectivity index (χ2v) is 7.24. The molecule has 2 N–H and O–H groups in total. The van der Waals surface area contributed by atoms with E-state index < -0.39 is 18.5 Å². The lowest BCUT2D eigenvalue weighted by Crippen LogP contribution is -2.37. The molecule has 0 aliphatic heterocycles. The highest BCUT2D eigenvalue weighted by molar-refractivity contribution is 5.90. The molecule has 2 amide bonds. The van der Waals surface area contributed by atoms with Gasteiger partial charge in [-0.3, -0.25) is 9.38 Å². The molecule has 0 bridgehead atoms. The van der Waals surface area contributed by atoms with Gasteiger partial charge in [-0.25, -0.2) is 18.6 Å². The predicted octanol–water partition coefficient (Wildman–Crippen LogP) is 4.57. The van der Waals surface area contributed by atoms with E-state index in [2.05, 4.69) is 32.4 Å². The van der Waals surface area contributed by atoms with Crippen molar-refractivity contribution in [3.05, 3.63) is 84.4 Å². The Labute approximate surface area is 183 Å². The molecule has 0 saturated carbocycles. The number of nitrogens with one attached hydrogen (secondary N) is 2. The van der Waals surface area contributed by atoms with Crippen molar-refractivity contribution >= 4 is 17.4 Å². The quantitative estimate of drug-likeness (QED) is 0.465. The molecule has 6 nitrogen and oxygen atoms in total. The molecule has 0 radical (unpaired) electrons. The van der Waals surface area contributed by atoms with Crippen molar-refractivity contribution in [1.29, 1.82) is 0 Å². The minimum Gasteiger partial charge on any atom is -0.332 e. The van der Waals surface area contributed by atoms with E-state index in [1.54, 1.807) is 36.8 Å². The first kappa shape index (κ1) is 21.0. The first-order valence-electron chi connectivity index (χ1n) is 9.80. The van der Waals surface area contributed by atoms with Gasteiger partial charge in [0.2, 0.25) is 0 Å². The number of pyridine rings is 2. The zero-order valence-electron chi connectivity index (χ0n) is 17.1. The molecular formula is C24H19F2N5O. The fourth-order valence-electron chi connectivity index (χ4n) is 3.02. The summed E-state index contributed by atoms with van der Waals surface area (Å²) in [6.45, 7) is 0.00626. The van der Waals surface area contributed by atoms with Crippen molar-refractivity contribution in [2.45, 2.75) is 12.8 Å². The maximum Gasteiger partial charge on any atom is 0.319 e. The lowest BCUT2D eigenvalue weighted by atomic mass is 10.1. The minimum absolute atomic E-state index is 0.480. The van der Waals surface area contributed by atoms with Crippen LogP contribution < -0.4 is 10.6 Å². The number of hydrogen-bond donors (Lipinski definition) is 2. The van der Waals surface area contributed by atoms with Crippen LogP contribution in [0.2, 0.25) is 0 Å². The highest BCUT2D eigenvalue weighted by atomic mass is 19.3. The van der Waals surface area contributed by atoms with Gasteiger partial charge in [-0.05, 0) is 36.4 Å². The summed E-state index contributed by atoms with van der Waals surface area (Å²) in [5, 5.41) is 4.72. The molecule has 4 aromatic rings. The zero-order valence-corrected chi connectivity index (χ0v) is 17.1. The van der Waals surface area contributed by atoms with E-state index in [-0.39, 0.29) is 0 Å². The van der Waals surface area contributed by atoms with Crippen LogP contribution in [-0.4, -0.2) is 32.9 Å². The molecule has 0 atom stereocenters. The van der Waals surface area contributed by atoms with Crippen LogP contribution in [0, 0.1) is 11.8 Å². The minimum atomic E-state index is -2.98. The zero-order chi connectivity index (χ0) is 22.6. The van der Waals surface area contributed by atoms with Gasteiger partial charge in [0.1, 0.15) is 5.65 Å². The van der Waals surface area contributed by atoms with Crippen LogP contribution >= 0.6 is 0 Å². The smallest absolute Gasteiger partial charge is 0.319 e. The van der Waals surface area contributed by atoms with Crippen LogP contribution in [0.3, 0.4) is 0 Å². The van der Waals surface area contributed by atoms with Crippen LogP contribution in [0.1, 0.15) is 18.1 Å². The number of halogens is 2. The van der Waals surface area contributed by atoms with E-state index in [1.807, 2.05) is 40.9 Å². The van der Waals surface area contributed by atoms with Gasteiger partial charge in [0.05, 0.1) is 18.4 Å². The fourth-order valence-corrected chi connectivity index (χ4v) is 3.02. The van der Waals surface area contributed by atoms with E-state index in [4.69, 9.17) is 0 Å². The number of nitrogens with zero attached hydrogens (tertiary/aromatic N) is 3. The van der Waals surface area contributed by atoms with E-state index >= 15 is 0 Å². The summed E-state index contributed by atoms with van der Waals surface area (Å²) in [7, 11) is 0. The molecule has 0 unspecified atom stereocenters. The topological polar surface area (TPSA) is 71.3 Å². The Morgan fingerprint density at radius 3 is 2.72 bits per heavy atom. The van der Waals surface area contributed by atoms with Crippen molar-refractivity contribution in [3.63, 3.8) is 0 Å². The van der Waals surface area contributed by atoms with Crippen molar-refractivity contribution in [1.82, 2.24) is 19.7 Å². The summed E-state index contributed by atoms with van der Waals surface area (Å²) in [4.78, 5) is 20.4. The third kappa shape index (κ3) is 5.26. The van der Waals surface area contributed by atoms with Crippen LogP contribution in [0.15, 0.2) is 73.3 Å². The Bertz CT molecular complexity index is 1320. The van der Waals surface area contributed by atoms with Crippen LogP contribution in [-0.2, 0) is 0 Å². The second-order valence-electron chi connectivity index (χ2n) is 7.24. The third-order valence-electron chi connectivity index (χ3n) is 4.50. The summed E-state index contributed by atoms with van der Waals surface area (Å²) < 4.78 is 27.7. The molecule has 1 aromatic carbocycles. The van der Waals surface area contributed by atoms with Gasteiger partial charge in [-0.15, -0.1) is 0 Å². The van der Waals surface area contributed by atoms with E-state index in [9.17, 15) is 13.6 Å². The van der Waals surface area contributed by atoms with Gasteiger partial charge in [0.15, 0.2) is 0 Å². The molecule has 0 aliphatic rings. The van der Waals surface area contributed by atoms with Crippen LogP contribution in [0.4, 0.5) is 19.3 Å². The van der Waals surface area contributed by atoms with Crippen molar-refractivity contribution in [2.75, 3.05) is 11.9 Å². The predicted molar refractivity (Wildman–Crippen MR) is 118 cm³/mol. The molecule has 3 aromatic heterocycles. The number of aromatic nitrogens is 3. The summed E-state index contributed by atoms with van der Waals surface area (Å²) in [5.74, 6) is 3.20. The molecule has 0 aliphatic carbocycles. The molecular weight excluding hydrogens is 412 g/mol. The van der Waals surface area contributed by atoms with E-state index in [1.165, 1.54) is 0 Å². The van der Waals surface area contributed by atoms with E-state index in [0.717, 1.165) is 35.0 Å². The highest BCUT2D eigenvalue weighted by Crippen LogP contribution is 2.24. The summed E-state index contributed by atoms with van der Waals surface area (Å²) in [6, 6.07) is 13.9. The highest BCUT2D eigenvalue weighted by Gasteiger charge is 2.21. The molecule has 0 fully saturated rings. The van der Waals surface area contributed by atoms with Crippen LogP contribution in [0.25, 0.3) is 16.9 Å². The molecule has 0 saturated heterocycles. The maximum atomic E-state index is 12.9. The number of carbonyl (C=O) groups excluding carboxylic acids is 1. The van der Waals surface area contributed by atoms with Crippen LogP contribution in [0.5, 0.6) is 0 Å². The van der Waals surface area contributed by atoms with Gasteiger partial charge in [0, 0.05) is 47.9 Å². The van der Waals surface area contributed by atoms with Crippen molar-refractivity contribution in [2.24, 2.45) is 0 Å². The maximum absolute atomic E-state index is 12.9. The molecule has 3 heterocycles. The average molecular weight is 431 g/mol. The number of fused-ring (bicyclic) bond motifs is 1. The average Bonchev–Trinajstić information content (AvgIpc) is 3.20. The largest absolute Gasteiger partial charge is 0.332 e. The Morgan fingerprint density at radius 1 is 1.09 bits per heavy atom. The molecule has 160 valence electrons. The number of benzene rings is 1. The molecule has 32 heavy (non-hydrogen) atoms. The van der Waals surface area contributed by atoms with Gasteiger partial charge in [0.25, 0.3) is 5.92 Å². The summed E-state index contributed by atoms with van der Waals surface area (Å²) >= 11 is 0. The monoisotopic (exact) mass is 431 g/mol. The van der Waals surface area contributed by atoms with Gasteiger partial charge >= 0.3 is 6.03 Å². The third-order valence-corrected chi connectivity index (χ3v) is 4.50. The number of hydrogen-bond acceptors (Lipinski definition) is 3. The van der Waals surface area contributed by atoms with Gasteiger partial charge in [-0.2, -0.15) is 0 Å². The number of anilines is 1. The summed E-state index contributed by atoms with van der Waals surface area (Å²) in [5.41, 5.74) is 4.47. The Hall–Kier alpha value is -4.25. The standard InChI is InChI=1S/C24H19F2N5O/c1-24(25,26)16-29-23(32)30-20-6-2-5-19(13-20)21-15-28-22-12-17(9-11-31(21)22)7-8-18-4-3-10-27-14-18/h2-6,9-15H,16H2,1H3,(H2,29,30,32). The Kier molecular flexibility index (Phi) is 5.81. The number of carbonyl (C=O) groups is 1. The lowest BCUT2D eigenvalue weighted by molar-refractivity contribution is 0.0257. The first-order valence-corrected chi connectivity index (χ1v) is 9.80. The first-order chi connectivity index (χ1) is 15.4. The number of imidazole rings is 1. The normalized spacial score (nSPS) is 11.0. The Balaban J connectivity index is 1.53. The fraction of sp³-hybridized carbons (Fsp3) is 0.125. The second kappa shape index (κ2) is 8.86. The SMILES string of the molecule is CC(F)(F)CNC(=O)Nc1cccc(-c2cnc3cc(C#Cc4cccnc4)ccn23)c1. The van der Waals surface area contributed by atoms with Gasteiger partial charge < -0.3 is 10.6 Å².